The van der Waals surface area contributed by atoms with Gasteiger partial charge in [-0.3, -0.25) is 9.59 Å². The molecule has 8 heteroatoms. The number of nitrogens with zero attached hydrogens (tertiary/aromatic N) is 3. The van der Waals surface area contributed by atoms with Crippen LogP contribution < -0.4 is 10.9 Å². The van der Waals surface area contributed by atoms with Crippen molar-refractivity contribution in [3.05, 3.63) is 34.2 Å². The van der Waals surface area contributed by atoms with E-state index in [9.17, 15) is 19.5 Å². The Kier molecular flexibility index (Phi) is 7.46. The van der Waals surface area contributed by atoms with Gasteiger partial charge in [-0.15, -0.1) is 0 Å². The van der Waals surface area contributed by atoms with Gasteiger partial charge in [0.25, 0.3) is 5.56 Å². The molecule has 2 amide bonds. The van der Waals surface area contributed by atoms with Crippen LogP contribution in [0.25, 0.3) is 0 Å². The number of aromatic nitrogens is 1. The van der Waals surface area contributed by atoms with Gasteiger partial charge in [-0.2, -0.15) is 0 Å². The fourth-order valence-electron chi connectivity index (χ4n) is 7.12. The molecule has 2 N–H and O–H groups in total. The van der Waals surface area contributed by atoms with Gasteiger partial charge >= 0.3 is 12.0 Å². The zero-order valence-corrected chi connectivity index (χ0v) is 20.7. The zero-order valence-electron chi connectivity index (χ0n) is 20.7. The maximum absolute atomic E-state index is 13.0. The molecule has 1 aromatic rings. The number of nitrogens with one attached hydrogen (secondary N) is 1. The first-order chi connectivity index (χ1) is 17.0. The van der Waals surface area contributed by atoms with E-state index in [-0.39, 0.29) is 35.9 Å². The highest BCUT2D eigenvalue weighted by Gasteiger charge is 2.37. The highest BCUT2D eigenvalue weighted by Crippen LogP contribution is 2.36. The summed E-state index contributed by atoms with van der Waals surface area (Å²) < 4.78 is 1.96. The van der Waals surface area contributed by atoms with Gasteiger partial charge in [-0.1, -0.05) is 25.3 Å². The molecule has 0 spiro atoms. The predicted octanol–water partition coefficient (Wildman–Crippen LogP) is 3.11. The normalized spacial score (nSPS) is 29.4. The largest absolute Gasteiger partial charge is 0.481 e. The van der Waals surface area contributed by atoms with E-state index >= 15 is 0 Å². The quantitative estimate of drug-likeness (QED) is 0.647. The van der Waals surface area contributed by atoms with Crippen LogP contribution in [0.4, 0.5) is 4.79 Å². The molecule has 8 nitrogen and oxygen atoms in total. The Hall–Kier alpha value is -2.35. The maximum atomic E-state index is 13.0. The molecule has 1 saturated carbocycles. The summed E-state index contributed by atoms with van der Waals surface area (Å²) in [7, 11) is 0. The lowest BCUT2D eigenvalue weighted by atomic mass is 9.80. The minimum Gasteiger partial charge on any atom is -0.481 e. The standard InChI is InChI=1S/C27H40N4O4/c32-25-8-4-7-24-22-13-19(16-31(24)25)15-29(17-22)11-9-21-18-30(12-10-20(21)14-26(33)34)27(35)28-23-5-2-1-3-6-23/h4,7-8,19-23H,1-3,5-6,9-18H2,(H,28,35)(H,33,34). The predicted molar refractivity (Wildman–Crippen MR) is 133 cm³/mol. The van der Waals surface area contributed by atoms with Gasteiger partial charge in [-0.05, 0) is 62.5 Å². The first kappa shape index (κ1) is 24.3. The molecule has 2 bridgehead atoms. The van der Waals surface area contributed by atoms with Gasteiger partial charge in [0.1, 0.15) is 0 Å². The summed E-state index contributed by atoms with van der Waals surface area (Å²) in [5.41, 5.74) is 1.27. The van der Waals surface area contributed by atoms with Crippen LogP contribution in [0.3, 0.4) is 0 Å². The number of piperidine rings is 2. The van der Waals surface area contributed by atoms with Crippen molar-refractivity contribution in [2.45, 2.75) is 76.3 Å². The molecule has 3 fully saturated rings. The molecule has 35 heavy (non-hydrogen) atoms. The van der Waals surface area contributed by atoms with E-state index in [1.165, 1.54) is 19.3 Å². The second-order valence-electron chi connectivity index (χ2n) is 11.4. The number of pyridine rings is 1. The van der Waals surface area contributed by atoms with E-state index in [4.69, 9.17) is 0 Å². The number of rotatable bonds is 6. The molecule has 192 valence electrons. The first-order valence-electron chi connectivity index (χ1n) is 13.7. The number of fused-ring (bicyclic) bond motifs is 4. The Morgan fingerprint density at radius 1 is 1.00 bits per heavy atom. The minimum absolute atomic E-state index is 0.0326. The summed E-state index contributed by atoms with van der Waals surface area (Å²) in [6.07, 6.45) is 8.76. The van der Waals surface area contributed by atoms with Crippen LogP contribution in [0.1, 0.15) is 69.4 Å². The lowest BCUT2D eigenvalue weighted by molar-refractivity contribution is -0.139. The summed E-state index contributed by atoms with van der Waals surface area (Å²) >= 11 is 0. The van der Waals surface area contributed by atoms with Crippen molar-refractivity contribution >= 4 is 12.0 Å². The van der Waals surface area contributed by atoms with Crippen molar-refractivity contribution in [2.75, 3.05) is 32.7 Å². The maximum Gasteiger partial charge on any atom is 0.317 e. The third-order valence-electron chi connectivity index (χ3n) is 8.92. The second kappa shape index (κ2) is 10.7. The number of carbonyl (C=O) groups is 2. The van der Waals surface area contributed by atoms with Gasteiger partial charge in [0, 0.05) is 62.9 Å². The van der Waals surface area contributed by atoms with Crippen LogP contribution in [-0.2, 0) is 11.3 Å². The van der Waals surface area contributed by atoms with Crippen LogP contribution in [0.15, 0.2) is 23.0 Å². The van der Waals surface area contributed by atoms with Crippen LogP contribution >= 0.6 is 0 Å². The number of carboxylic acids is 1. The third kappa shape index (κ3) is 5.74. The molecule has 3 aliphatic heterocycles. The SMILES string of the molecule is O=C(O)CC1CCN(C(=O)NC2CCCCC2)CC1CCN1CC2CC(C1)c1cccc(=O)n1C2. The molecule has 5 rings (SSSR count). The highest BCUT2D eigenvalue weighted by molar-refractivity contribution is 5.74. The van der Waals surface area contributed by atoms with Crippen LogP contribution in [0.2, 0.25) is 0 Å². The Labute approximate surface area is 207 Å². The van der Waals surface area contributed by atoms with Gasteiger partial charge in [-0.25, -0.2) is 4.79 Å². The molecule has 0 aromatic carbocycles. The number of amides is 2. The Morgan fingerprint density at radius 2 is 1.83 bits per heavy atom. The van der Waals surface area contributed by atoms with E-state index in [1.807, 2.05) is 15.5 Å². The van der Waals surface area contributed by atoms with Gasteiger partial charge < -0.3 is 24.8 Å². The molecule has 4 unspecified atom stereocenters. The molecule has 4 aliphatic rings. The number of carboxylic acid groups (broad SMARTS) is 1. The summed E-state index contributed by atoms with van der Waals surface area (Å²) in [4.78, 5) is 41.3. The van der Waals surface area contributed by atoms with Gasteiger partial charge in [0.05, 0.1) is 0 Å². The third-order valence-corrected chi connectivity index (χ3v) is 8.92. The lowest BCUT2D eigenvalue weighted by Gasteiger charge is -2.44. The van der Waals surface area contributed by atoms with Crippen molar-refractivity contribution in [1.29, 1.82) is 0 Å². The smallest absolute Gasteiger partial charge is 0.317 e. The summed E-state index contributed by atoms with van der Waals surface area (Å²) in [6.45, 7) is 4.94. The zero-order chi connectivity index (χ0) is 24.4. The van der Waals surface area contributed by atoms with Crippen molar-refractivity contribution in [1.82, 2.24) is 19.7 Å². The Balaban J connectivity index is 1.20. The van der Waals surface area contributed by atoms with E-state index in [2.05, 4.69) is 16.3 Å². The van der Waals surface area contributed by atoms with Crippen LogP contribution in [-0.4, -0.2) is 70.2 Å². The summed E-state index contributed by atoms with van der Waals surface area (Å²) in [6, 6.07) is 5.95. The average molecular weight is 485 g/mol. The Bertz CT molecular complexity index is 972. The van der Waals surface area contributed by atoms with Crippen molar-refractivity contribution < 1.29 is 14.7 Å². The number of carbonyl (C=O) groups excluding carboxylic acids is 1. The monoisotopic (exact) mass is 484 g/mol. The fraction of sp³-hybridized carbons (Fsp3) is 0.741. The Morgan fingerprint density at radius 3 is 2.63 bits per heavy atom. The number of aliphatic carboxylic acids is 1. The molecular formula is C27H40N4O4. The van der Waals surface area contributed by atoms with Crippen LogP contribution in [0, 0.1) is 17.8 Å². The molecule has 1 aromatic heterocycles. The number of likely N-dealkylation sites (tertiary alicyclic amines) is 2. The lowest BCUT2D eigenvalue weighted by Crippen LogP contribution is -2.52. The van der Waals surface area contributed by atoms with E-state index < -0.39 is 5.97 Å². The van der Waals surface area contributed by atoms with Crippen LogP contribution in [0.5, 0.6) is 0 Å². The molecule has 0 radical (unpaired) electrons. The molecule has 2 saturated heterocycles. The molecular weight excluding hydrogens is 444 g/mol. The molecule has 4 atom stereocenters. The highest BCUT2D eigenvalue weighted by atomic mass is 16.4. The van der Waals surface area contributed by atoms with E-state index in [0.717, 1.165) is 64.0 Å². The minimum atomic E-state index is -0.741. The average Bonchev–Trinajstić information content (AvgIpc) is 2.84. The van der Waals surface area contributed by atoms with Crippen molar-refractivity contribution in [3.8, 4) is 0 Å². The number of hydrogen-bond acceptors (Lipinski definition) is 4. The van der Waals surface area contributed by atoms with Gasteiger partial charge in [0.2, 0.25) is 0 Å². The fourth-order valence-corrected chi connectivity index (χ4v) is 7.12. The molecule has 4 heterocycles. The van der Waals surface area contributed by atoms with Crippen molar-refractivity contribution in [3.63, 3.8) is 0 Å². The van der Waals surface area contributed by atoms with Crippen molar-refractivity contribution in [2.24, 2.45) is 17.8 Å². The summed E-state index contributed by atoms with van der Waals surface area (Å²) in [5.74, 6) is 0.453. The summed E-state index contributed by atoms with van der Waals surface area (Å²) in [5, 5.41) is 12.7. The second-order valence-corrected chi connectivity index (χ2v) is 11.4. The molecule has 1 aliphatic carbocycles. The van der Waals surface area contributed by atoms with E-state index in [1.54, 1.807) is 6.07 Å². The van der Waals surface area contributed by atoms with Gasteiger partial charge in [0.15, 0.2) is 0 Å². The number of urea groups is 1. The first-order valence-corrected chi connectivity index (χ1v) is 13.7. The topological polar surface area (TPSA) is 94.9 Å². The van der Waals surface area contributed by atoms with E-state index in [0.29, 0.717) is 24.9 Å². The number of hydrogen-bond donors (Lipinski definition) is 2.